The van der Waals surface area contributed by atoms with Crippen LogP contribution in [0.1, 0.15) is 28.8 Å². The van der Waals surface area contributed by atoms with E-state index in [1.54, 1.807) is 14.2 Å². The molecule has 0 heterocycles. The summed E-state index contributed by atoms with van der Waals surface area (Å²) in [6.07, 6.45) is 3.44. The molecule has 88 valence electrons. The van der Waals surface area contributed by atoms with Gasteiger partial charge in [0.2, 0.25) is 0 Å². The van der Waals surface area contributed by atoms with Gasteiger partial charge in [-0.2, -0.15) is 0 Å². The van der Waals surface area contributed by atoms with Crippen molar-refractivity contribution in [2.75, 3.05) is 14.2 Å². The molecule has 1 atom stereocenters. The monoisotopic (exact) mass is 348 g/mol. The Morgan fingerprint density at radius 1 is 1.31 bits per heavy atom. The van der Waals surface area contributed by atoms with Crippen molar-refractivity contribution in [1.29, 1.82) is 0 Å². The topological polar surface area (TPSA) is 18.5 Å². The van der Waals surface area contributed by atoms with Crippen LogP contribution in [-0.4, -0.2) is 14.2 Å². The lowest BCUT2D eigenvalue weighted by molar-refractivity contribution is 0.349. The van der Waals surface area contributed by atoms with Gasteiger partial charge in [-0.25, -0.2) is 0 Å². The number of methoxy groups -OCH3 is 2. The average molecular weight is 350 g/mol. The van der Waals surface area contributed by atoms with Gasteiger partial charge in [0.15, 0.2) is 11.5 Å². The second-order valence-corrected chi connectivity index (χ2v) is 5.81. The summed E-state index contributed by atoms with van der Waals surface area (Å²) in [5.41, 5.74) is 2.57. The summed E-state index contributed by atoms with van der Waals surface area (Å²) < 4.78 is 12.0. The van der Waals surface area contributed by atoms with Gasteiger partial charge in [0, 0.05) is 14.9 Å². The second kappa shape index (κ2) is 4.96. The minimum atomic E-state index is 0.359. The van der Waals surface area contributed by atoms with Crippen LogP contribution in [0.4, 0.5) is 0 Å². The number of ether oxygens (including phenoxy) is 2. The molecule has 2 rings (SSSR count). The molecule has 0 fully saturated rings. The minimum Gasteiger partial charge on any atom is -0.493 e. The van der Waals surface area contributed by atoms with Gasteiger partial charge in [0.05, 0.1) is 14.2 Å². The van der Waals surface area contributed by atoms with Crippen LogP contribution in [0.3, 0.4) is 0 Å². The molecular formula is C12H14Br2O2. The molecule has 1 unspecified atom stereocenters. The Balaban J connectivity index is 2.65. The van der Waals surface area contributed by atoms with E-state index >= 15 is 0 Å². The first-order chi connectivity index (χ1) is 7.69. The average Bonchev–Trinajstić information content (AvgIpc) is 2.29. The van der Waals surface area contributed by atoms with Crippen molar-refractivity contribution >= 4 is 31.9 Å². The Bertz CT molecular complexity index is 404. The van der Waals surface area contributed by atoms with Gasteiger partial charge in [-0.1, -0.05) is 31.9 Å². The first kappa shape index (κ1) is 12.2. The van der Waals surface area contributed by atoms with E-state index in [9.17, 15) is 0 Å². The molecule has 0 aromatic heterocycles. The molecular weight excluding hydrogens is 336 g/mol. The van der Waals surface area contributed by atoms with Crippen molar-refractivity contribution in [1.82, 2.24) is 0 Å². The van der Waals surface area contributed by atoms with Crippen molar-refractivity contribution in [3.05, 3.63) is 21.7 Å². The lowest BCUT2D eigenvalue weighted by Crippen LogP contribution is -2.09. The molecule has 2 nitrogen and oxygen atoms in total. The molecule has 0 spiro atoms. The van der Waals surface area contributed by atoms with E-state index in [2.05, 4.69) is 31.9 Å². The highest BCUT2D eigenvalue weighted by atomic mass is 79.9. The summed E-state index contributed by atoms with van der Waals surface area (Å²) in [5.74, 6) is 1.65. The molecule has 0 amide bonds. The number of hydrogen-bond acceptors (Lipinski definition) is 2. The summed E-state index contributed by atoms with van der Waals surface area (Å²) in [6.45, 7) is 0. The first-order valence-electron chi connectivity index (χ1n) is 5.26. The Hall–Kier alpha value is -0.220. The van der Waals surface area contributed by atoms with Crippen LogP contribution in [0.15, 0.2) is 10.5 Å². The van der Waals surface area contributed by atoms with Crippen LogP contribution in [0.2, 0.25) is 0 Å². The van der Waals surface area contributed by atoms with Crippen molar-refractivity contribution in [2.24, 2.45) is 0 Å². The predicted molar refractivity (Wildman–Crippen MR) is 71.9 cm³/mol. The maximum atomic E-state index is 5.48. The van der Waals surface area contributed by atoms with E-state index < -0.39 is 0 Å². The van der Waals surface area contributed by atoms with Gasteiger partial charge in [0.1, 0.15) is 0 Å². The highest BCUT2D eigenvalue weighted by Gasteiger charge is 2.26. The lowest BCUT2D eigenvalue weighted by atomic mass is 9.90. The number of halogens is 2. The maximum Gasteiger partial charge on any atom is 0.165 e. The van der Waals surface area contributed by atoms with Crippen LogP contribution < -0.4 is 9.47 Å². The molecule has 1 aromatic rings. The van der Waals surface area contributed by atoms with E-state index in [4.69, 9.17) is 9.47 Å². The predicted octanol–water partition coefficient (Wildman–Crippen LogP) is 4.24. The van der Waals surface area contributed by atoms with Crippen molar-refractivity contribution in [3.8, 4) is 11.5 Å². The molecule has 0 saturated heterocycles. The van der Waals surface area contributed by atoms with E-state index in [0.29, 0.717) is 4.83 Å². The van der Waals surface area contributed by atoms with E-state index in [0.717, 1.165) is 28.8 Å². The number of fused-ring (bicyclic) bond motifs is 1. The zero-order valence-corrected chi connectivity index (χ0v) is 12.5. The fourth-order valence-electron chi connectivity index (χ4n) is 2.22. The maximum absolute atomic E-state index is 5.48. The molecule has 1 aromatic carbocycles. The Morgan fingerprint density at radius 2 is 2.06 bits per heavy atom. The summed E-state index contributed by atoms with van der Waals surface area (Å²) in [7, 11) is 3.36. The summed E-state index contributed by atoms with van der Waals surface area (Å²) in [6, 6.07) is 1.99. The molecule has 0 saturated carbocycles. The highest BCUT2D eigenvalue weighted by molar-refractivity contribution is 9.10. The van der Waals surface area contributed by atoms with Gasteiger partial charge >= 0.3 is 0 Å². The Labute approximate surface area is 113 Å². The fraction of sp³-hybridized carbons (Fsp3) is 0.500. The zero-order chi connectivity index (χ0) is 11.7. The Morgan fingerprint density at radius 3 is 2.69 bits per heavy atom. The molecule has 1 aliphatic carbocycles. The minimum absolute atomic E-state index is 0.359. The smallest absolute Gasteiger partial charge is 0.165 e. The molecule has 0 aliphatic heterocycles. The van der Waals surface area contributed by atoms with Gasteiger partial charge < -0.3 is 9.47 Å². The largest absolute Gasteiger partial charge is 0.493 e. The standard InChI is InChI=1S/C12H14Br2O2/c1-15-10-6-9(14)7-4-3-5-8(13)11(7)12(10)16-2/h6,8H,3-5H2,1-2H3. The van der Waals surface area contributed by atoms with Crippen LogP contribution in [0.5, 0.6) is 11.5 Å². The molecule has 0 bridgehead atoms. The summed E-state index contributed by atoms with van der Waals surface area (Å²) >= 11 is 7.33. The number of alkyl halides is 1. The van der Waals surface area contributed by atoms with Crippen LogP contribution in [0.25, 0.3) is 0 Å². The fourth-order valence-corrected chi connectivity index (χ4v) is 3.64. The molecule has 1 aliphatic rings. The highest BCUT2D eigenvalue weighted by Crippen LogP contribution is 2.48. The number of hydrogen-bond donors (Lipinski definition) is 0. The van der Waals surface area contributed by atoms with E-state index in [-0.39, 0.29) is 0 Å². The number of benzene rings is 1. The summed E-state index contributed by atoms with van der Waals surface area (Å²) in [5, 5.41) is 0. The normalized spacial score (nSPS) is 19.1. The third-order valence-electron chi connectivity index (χ3n) is 2.96. The third kappa shape index (κ3) is 1.97. The SMILES string of the molecule is COc1cc(Br)c2c(c1OC)C(Br)CCC2. The van der Waals surface area contributed by atoms with Gasteiger partial charge in [-0.05, 0) is 30.9 Å². The zero-order valence-electron chi connectivity index (χ0n) is 9.35. The van der Waals surface area contributed by atoms with Crippen LogP contribution in [0, 0.1) is 0 Å². The number of rotatable bonds is 2. The van der Waals surface area contributed by atoms with Crippen LogP contribution >= 0.6 is 31.9 Å². The molecule has 16 heavy (non-hydrogen) atoms. The van der Waals surface area contributed by atoms with E-state index in [1.807, 2.05) is 6.07 Å². The van der Waals surface area contributed by atoms with E-state index in [1.165, 1.54) is 17.5 Å². The Kier molecular flexibility index (Phi) is 3.80. The van der Waals surface area contributed by atoms with Crippen molar-refractivity contribution in [2.45, 2.75) is 24.1 Å². The first-order valence-corrected chi connectivity index (χ1v) is 6.97. The molecule has 0 radical (unpaired) electrons. The van der Waals surface area contributed by atoms with Crippen molar-refractivity contribution < 1.29 is 9.47 Å². The third-order valence-corrected chi connectivity index (χ3v) is 4.58. The molecule has 4 heteroatoms. The van der Waals surface area contributed by atoms with Gasteiger partial charge in [-0.15, -0.1) is 0 Å². The van der Waals surface area contributed by atoms with Gasteiger partial charge in [0.25, 0.3) is 0 Å². The quantitative estimate of drug-likeness (QED) is 0.743. The lowest BCUT2D eigenvalue weighted by Gasteiger charge is -2.25. The summed E-state index contributed by atoms with van der Waals surface area (Å²) in [4.78, 5) is 0.359. The van der Waals surface area contributed by atoms with Crippen molar-refractivity contribution in [3.63, 3.8) is 0 Å². The second-order valence-electron chi connectivity index (χ2n) is 3.85. The van der Waals surface area contributed by atoms with Gasteiger partial charge in [-0.3, -0.25) is 0 Å². The molecule has 0 N–H and O–H groups in total. The van der Waals surface area contributed by atoms with Crippen LogP contribution in [-0.2, 0) is 6.42 Å².